The lowest BCUT2D eigenvalue weighted by Crippen LogP contribution is -2.43. The molecule has 1 aromatic carbocycles. The van der Waals surface area contributed by atoms with Crippen LogP contribution in [0.5, 0.6) is 0 Å². The third kappa shape index (κ3) is 2.28. The molecule has 1 N–H and O–H groups in total. The molecule has 120 valence electrons. The quantitative estimate of drug-likeness (QED) is 0.875. The summed E-state index contributed by atoms with van der Waals surface area (Å²) in [5, 5.41) is 13.9. The van der Waals surface area contributed by atoms with Gasteiger partial charge >= 0.3 is 0 Å². The van der Waals surface area contributed by atoms with Crippen LogP contribution >= 0.6 is 11.3 Å². The summed E-state index contributed by atoms with van der Waals surface area (Å²) in [5.74, 6) is 0.283. The smallest absolute Gasteiger partial charge is 0.177 e. The summed E-state index contributed by atoms with van der Waals surface area (Å²) in [6, 6.07) is 9.89. The molecule has 1 aromatic heterocycles. The Kier molecular flexibility index (Phi) is 3.63. The molecular formula is C19H21NO2S. The SMILES string of the molecule is CN1CCC([C@]2(O)c3ccccc3CC(=O)c3sccc32)CC1. The zero-order chi connectivity index (χ0) is 16.0. The van der Waals surface area contributed by atoms with Gasteiger partial charge in [-0.25, -0.2) is 0 Å². The van der Waals surface area contributed by atoms with Gasteiger partial charge in [0.25, 0.3) is 0 Å². The highest BCUT2D eigenvalue weighted by molar-refractivity contribution is 7.12. The number of rotatable bonds is 1. The number of carbonyl (C=O) groups excluding carboxylic acids is 1. The largest absolute Gasteiger partial charge is 0.380 e. The Balaban J connectivity index is 1.91. The molecule has 0 bridgehead atoms. The van der Waals surface area contributed by atoms with Crippen LogP contribution in [0.3, 0.4) is 0 Å². The highest BCUT2D eigenvalue weighted by Gasteiger charge is 2.46. The summed E-state index contributed by atoms with van der Waals surface area (Å²) in [6.45, 7) is 1.98. The van der Waals surface area contributed by atoms with Gasteiger partial charge in [-0.1, -0.05) is 24.3 Å². The Morgan fingerprint density at radius 3 is 2.70 bits per heavy atom. The summed E-state index contributed by atoms with van der Waals surface area (Å²) in [4.78, 5) is 15.7. The second-order valence-corrected chi connectivity index (χ2v) is 7.68. The Labute approximate surface area is 140 Å². The van der Waals surface area contributed by atoms with Crippen LogP contribution in [-0.4, -0.2) is 35.9 Å². The fourth-order valence-electron chi connectivity index (χ4n) is 4.14. The Hall–Kier alpha value is -1.49. The third-order valence-electron chi connectivity index (χ3n) is 5.42. The van der Waals surface area contributed by atoms with Gasteiger partial charge in [0.2, 0.25) is 0 Å². The monoisotopic (exact) mass is 327 g/mol. The van der Waals surface area contributed by atoms with Crippen molar-refractivity contribution in [3.05, 3.63) is 57.3 Å². The topological polar surface area (TPSA) is 40.5 Å². The predicted molar refractivity (Wildman–Crippen MR) is 92.0 cm³/mol. The standard InChI is InChI=1S/C19H21NO2S/c1-20-9-6-14(7-10-20)19(22)15-5-3-2-4-13(15)12-17(21)18-16(19)8-11-23-18/h2-5,8,11,14,22H,6-7,9-10,12H2,1H3/t19-/m0/s1. The van der Waals surface area contributed by atoms with Gasteiger partial charge in [-0.2, -0.15) is 0 Å². The van der Waals surface area contributed by atoms with E-state index in [-0.39, 0.29) is 11.7 Å². The zero-order valence-electron chi connectivity index (χ0n) is 13.3. The van der Waals surface area contributed by atoms with Gasteiger partial charge in [-0.3, -0.25) is 4.79 Å². The minimum absolute atomic E-state index is 0.131. The summed E-state index contributed by atoms with van der Waals surface area (Å²) < 4.78 is 0. The third-order valence-corrected chi connectivity index (χ3v) is 6.37. The molecule has 1 saturated heterocycles. The molecule has 0 spiro atoms. The molecule has 4 rings (SSSR count). The maximum absolute atomic E-state index is 12.6. The molecule has 0 radical (unpaired) electrons. The van der Waals surface area contributed by atoms with E-state index in [0.717, 1.165) is 47.5 Å². The first-order valence-corrected chi connectivity index (χ1v) is 9.09. The summed E-state index contributed by atoms with van der Waals surface area (Å²) in [7, 11) is 2.13. The minimum atomic E-state index is -1.04. The van der Waals surface area contributed by atoms with Gasteiger partial charge in [-0.15, -0.1) is 11.3 Å². The lowest BCUT2D eigenvalue weighted by atomic mass is 9.71. The van der Waals surface area contributed by atoms with Crippen LogP contribution in [0.4, 0.5) is 0 Å². The van der Waals surface area contributed by atoms with Crippen molar-refractivity contribution in [1.82, 2.24) is 4.90 Å². The maximum atomic E-state index is 12.6. The van der Waals surface area contributed by atoms with E-state index in [4.69, 9.17) is 0 Å². The number of Topliss-reactive ketones (excluding diaryl/α,β-unsaturated/α-hetero) is 1. The Morgan fingerprint density at radius 2 is 1.91 bits per heavy atom. The number of hydrogen-bond acceptors (Lipinski definition) is 4. The number of carbonyl (C=O) groups is 1. The molecule has 1 fully saturated rings. The van der Waals surface area contributed by atoms with Crippen molar-refractivity contribution in [2.75, 3.05) is 20.1 Å². The summed E-state index contributed by atoms with van der Waals surface area (Å²) in [5.41, 5.74) is 1.69. The van der Waals surface area contributed by atoms with Gasteiger partial charge in [0.1, 0.15) is 5.60 Å². The molecule has 2 heterocycles. The minimum Gasteiger partial charge on any atom is -0.380 e. The number of piperidine rings is 1. The van der Waals surface area contributed by atoms with Crippen molar-refractivity contribution >= 4 is 17.1 Å². The van der Waals surface area contributed by atoms with E-state index < -0.39 is 5.60 Å². The average molecular weight is 327 g/mol. The van der Waals surface area contributed by atoms with Crippen molar-refractivity contribution in [2.24, 2.45) is 5.92 Å². The first-order chi connectivity index (χ1) is 11.1. The fraction of sp³-hybridized carbons (Fsp3) is 0.421. The lowest BCUT2D eigenvalue weighted by Gasteiger charge is -2.41. The molecule has 3 nitrogen and oxygen atoms in total. The number of fused-ring (bicyclic) bond motifs is 2. The van der Waals surface area contributed by atoms with Gasteiger partial charge in [0.15, 0.2) is 5.78 Å². The highest BCUT2D eigenvalue weighted by atomic mass is 32.1. The van der Waals surface area contributed by atoms with Gasteiger partial charge in [0.05, 0.1) is 4.88 Å². The van der Waals surface area contributed by atoms with E-state index in [1.165, 1.54) is 11.3 Å². The van der Waals surface area contributed by atoms with E-state index >= 15 is 0 Å². The van der Waals surface area contributed by atoms with Crippen LogP contribution in [0.25, 0.3) is 0 Å². The van der Waals surface area contributed by atoms with E-state index in [1.54, 1.807) is 0 Å². The molecule has 0 amide bonds. The molecule has 2 aromatic rings. The summed E-state index contributed by atoms with van der Waals surface area (Å²) >= 11 is 1.46. The number of likely N-dealkylation sites (tertiary alicyclic amines) is 1. The van der Waals surface area contributed by atoms with Crippen LogP contribution in [0.15, 0.2) is 35.7 Å². The molecule has 1 atom stereocenters. The number of nitrogens with zero attached hydrogens (tertiary/aromatic N) is 1. The Morgan fingerprint density at radius 1 is 1.17 bits per heavy atom. The molecule has 2 aliphatic rings. The van der Waals surface area contributed by atoms with Crippen molar-refractivity contribution in [3.8, 4) is 0 Å². The number of aliphatic hydroxyl groups is 1. The Bertz CT molecular complexity index is 745. The first kappa shape index (κ1) is 15.1. The average Bonchev–Trinajstić information content (AvgIpc) is 3.02. The molecule has 0 saturated carbocycles. The van der Waals surface area contributed by atoms with Crippen molar-refractivity contribution in [1.29, 1.82) is 0 Å². The second-order valence-electron chi connectivity index (χ2n) is 6.76. The van der Waals surface area contributed by atoms with Crippen LogP contribution in [0.2, 0.25) is 0 Å². The zero-order valence-corrected chi connectivity index (χ0v) is 14.1. The first-order valence-electron chi connectivity index (χ1n) is 8.21. The molecule has 0 unspecified atom stereocenters. The maximum Gasteiger partial charge on any atom is 0.177 e. The lowest BCUT2D eigenvalue weighted by molar-refractivity contribution is -0.0110. The highest BCUT2D eigenvalue weighted by Crippen LogP contribution is 2.47. The second kappa shape index (κ2) is 5.55. The molecule has 1 aliphatic heterocycles. The number of thiophene rings is 1. The van der Waals surface area contributed by atoms with Crippen LogP contribution in [0.1, 0.15) is 39.2 Å². The molecular weight excluding hydrogens is 306 g/mol. The number of hydrogen-bond donors (Lipinski definition) is 1. The van der Waals surface area contributed by atoms with Gasteiger partial charge < -0.3 is 10.0 Å². The van der Waals surface area contributed by atoms with Crippen LogP contribution in [-0.2, 0) is 12.0 Å². The summed E-state index contributed by atoms with van der Waals surface area (Å²) in [6.07, 6.45) is 2.29. The van der Waals surface area contributed by atoms with Crippen molar-refractivity contribution in [2.45, 2.75) is 24.9 Å². The van der Waals surface area contributed by atoms with E-state index in [2.05, 4.69) is 11.9 Å². The predicted octanol–water partition coefficient (Wildman–Crippen LogP) is 3.06. The molecule has 23 heavy (non-hydrogen) atoms. The van der Waals surface area contributed by atoms with Gasteiger partial charge in [0, 0.05) is 12.0 Å². The fourth-order valence-corrected chi connectivity index (χ4v) is 5.03. The van der Waals surface area contributed by atoms with Crippen LogP contribution in [0, 0.1) is 5.92 Å². The van der Waals surface area contributed by atoms with Crippen molar-refractivity contribution < 1.29 is 9.90 Å². The molecule has 4 heteroatoms. The van der Waals surface area contributed by atoms with Crippen molar-refractivity contribution in [3.63, 3.8) is 0 Å². The van der Waals surface area contributed by atoms with Crippen LogP contribution < -0.4 is 0 Å². The number of benzene rings is 1. The van der Waals surface area contributed by atoms with E-state index in [1.807, 2.05) is 35.7 Å². The van der Waals surface area contributed by atoms with E-state index in [0.29, 0.717) is 6.42 Å². The van der Waals surface area contributed by atoms with E-state index in [9.17, 15) is 9.90 Å². The van der Waals surface area contributed by atoms with Gasteiger partial charge in [-0.05, 0) is 61.5 Å². The number of ketones is 1. The molecule has 1 aliphatic carbocycles. The normalized spacial score (nSPS) is 25.7.